The van der Waals surface area contributed by atoms with Crippen molar-refractivity contribution in [2.24, 2.45) is 11.8 Å². The lowest BCUT2D eigenvalue weighted by molar-refractivity contribution is -0.00576. The van der Waals surface area contributed by atoms with E-state index in [1.165, 1.54) is 18.4 Å². The van der Waals surface area contributed by atoms with Crippen LogP contribution in [0.1, 0.15) is 51.8 Å². The zero-order valence-corrected chi connectivity index (χ0v) is 17.7. The number of nitrogens with zero attached hydrogens (tertiary/aromatic N) is 3. The molecule has 1 aromatic heterocycles. The minimum absolute atomic E-state index is 0.0380. The standard InChI is InChI=1S/C22H34N4O2/c1-14-5-6-18(15(2)9-14)12-25-8-7-19-20(13-25)23-22(24-21(19)27)26-10-16(3)28-17(4)11-26/h9,15-18H,5-8,10-13H2,1-4H3,(H,23,24,27). The number of fused-ring (bicyclic) bond motifs is 1. The van der Waals surface area contributed by atoms with E-state index in [9.17, 15) is 4.79 Å². The van der Waals surface area contributed by atoms with E-state index in [4.69, 9.17) is 9.72 Å². The van der Waals surface area contributed by atoms with E-state index in [0.29, 0.717) is 17.8 Å². The smallest absolute Gasteiger partial charge is 0.255 e. The lowest BCUT2D eigenvalue weighted by atomic mass is 9.81. The molecule has 4 rings (SSSR count). The van der Waals surface area contributed by atoms with E-state index in [-0.39, 0.29) is 17.8 Å². The normalized spacial score (nSPS) is 31.4. The largest absolute Gasteiger partial charge is 0.372 e. The Morgan fingerprint density at radius 1 is 1.21 bits per heavy atom. The Bertz CT molecular complexity index is 792. The molecule has 0 aromatic carbocycles. The molecule has 154 valence electrons. The highest BCUT2D eigenvalue weighted by Crippen LogP contribution is 2.30. The van der Waals surface area contributed by atoms with E-state index in [0.717, 1.165) is 50.4 Å². The second-order valence-electron chi connectivity index (χ2n) is 9.13. The summed E-state index contributed by atoms with van der Waals surface area (Å²) in [5.41, 5.74) is 3.41. The van der Waals surface area contributed by atoms with Gasteiger partial charge in [-0.1, -0.05) is 18.6 Å². The quantitative estimate of drug-likeness (QED) is 0.810. The van der Waals surface area contributed by atoms with Crippen molar-refractivity contribution in [3.63, 3.8) is 0 Å². The van der Waals surface area contributed by atoms with E-state index in [1.54, 1.807) is 0 Å². The van der Waals surface area contributed by atoms with Gasteiger partial charge in [-0.2, -0.15) is 0 Å². The Morgan fingerprint density at radius 2 is 1.96 bits per heavy atom. The van der Waals surface area contributed by atoms with Crippen LogP contribution < -0.4 is 10.5 Å². The summed E-state index contributed by atoms with van der Waals surface area (Å²) in [6.45, 7) is 13.1. The third-order valence-electron chi connectivity index (χ3n) is 6.55. The van der Waals surface area contributed by atoms with E-state index >= 15 is 0 Å². The zero-order chi connectivity index (χ0) is 19.8. The fraction of sp³-hybridized carbons (Fsp3) is 0.727. The molecule has 28 heavy (non-hydrogen) atoms. The second kappa shape index (κ2) is 7.99. The monoisotopic (exact) mass is 386 g/mol. The molecular formula is C22H34N4O2. The van der Waals surface area contributed by atoms with Crippen LogP contribution in [0.5, 0.6) is 0 Å². The SMILES string of the molecule is CC1=CC(C)C(CN2CCc3c(nc(N4CC(C)OC(C)C4)[nH]c3=O)C2)CC1. The number of morpholine rings is 1. The van der Waals surface area contributed by atoms with Crippen molar-refractivity contribution < 1.29 is 4.74 Å². The molecule has 0 spiro atoms. The maximum Gasteiger partial charge on any atom is 0.255 e. The molecule has 1 fully saturated rings. The van der Waals surface area contributed by atoms with Gasteiger partial charge in [-0.15, -0.1) is 0 Å². The number of aromatic amines is 1. The third kappa shape index (κ3) is 4.18. The van der Waals surface area contributed by atoms with Crippen LogP contribution in [-0.4, -0.2) is 53.3 Å². The Labute approximate surface area is 168 Å². The molecule has 3 aliphatic rings. The number of anilines is 1. The summed E-state index contributed by atoms with van der Waals surface area (Å²) >= 11 is 0. The lowest BCUT2D eigenvalue weighted by Gasteiger charge is -2.37. The molecule has 0 bridgehead atoms. The summed E-state index contributed by atoms with van der Waals surface area (Å²) in [6, 6.07) is 0. The summed E-state index contributed by atoms with van der Waals surface area (Å²) < 4.78 is 5.83. The van der Waals surface area contributed by atoms with Gasteiger partial charge in [0.05, 0.1) is 17.9 Å². The molecule has 1 saturated heterocycles. The first kappa shape index (κ1) is 19.6. The van der Waals surface area contributed by atoms with Crippen LogP contribution in [0.25, 0.3) is 0 Å². The van der Waals surface area contributed by atoms with Crippen molar-refractivity contribution >= 4 is 5.95 Å². The zero-order valence-electron chi connectivity index (χ0n) is 17.7. The van der Waals surface area contributed by atoms with Crippen LogP contribution in [0.3, 0.4) is 0 Å². The number of hydrogen-bond donors (Lipinski definition) is 1. The van der Waals surface area contributed by atoms with Crippen LogP contribution in [0.2, 0.25) is 0 Å². The Kier molecular flexibility index (Phi) is 5.61. The predicted molar refractivity (Wildman–Crippen MR) is 112 cm³/mol. The first-order chi connectivity index (χ1) is 13.4. The molecular weight excluding hydrogens is 352 g/mol. The number of hydrogen-bond acceptors (Lipinski definition) is 5. The van der Waals surface area contributed by atoms with E-state index in [1.807, 2.05) is 0 Å². The molecule has 2 aliphatic heterocycles. The molecule has 0 saturated carbocycles. The minimum Gasteiger partial charge on any atom is -0.372 e. The number of H-pyrrole nitrogens is 1. The Morgan fingerprint density at radius 3 is 2.68 bits per heavy atom. The van der Waals surface area contributed by atoms with Gasteiger partial charge in [0.15, 0.2) is 0 Å². The van der Waals surface area contributed by atoms with Gasteiger partial charge in [0.1, 0.15) is 0 Å². The molecule has 3 heterocycles. The molecule has 0 radical (unpaired) electrons. The summed E-state index contributed by atoms with van der Waals surface area (Å²) in [6.07, 6.45) is 6.01. The van der Waals surface area contributed by atoms with Gasteiger partial charge in [-0.05, 0) is 51.9 Å². The highest BCUT2D eigenvalue weighted by atomic mass is 16.5. The average molecular weight is 387 g/mol. The molecule has 4 unspecified atom stereocenters. The Hall–Kier alpha value is -1.66. The topological polar surface area (TPSA) is 61.5 Å². The second-order valence-corrected chi connectivity index (χ2v) is 9.13. The maximum absolute atomic E-state index is 12.7. The van der Waals surface area contributed by atoms with Gasteiger partial charge in [-0.25, -0.2) is 4.98 Å². The number of ether oxygens (including phenoxy) is 1. The Balaban J connectivity index is 1.50. The van der Waals surface area contributed by atoms with Gasteiger partial charge < -0.3 is 9.64 Å². The number of nitrogens with one attached hydrogen (secondary N) is 1. The van der Waals surface area contributed by atoms with Crippen molar-refractivity contribution in [2.45, 2.75) is 65.7 Å². The average Bonchev–Trinajstić information content (AvgIpc) is 2.63. The highest BCUT2D eigenvalue weighted by molar-refractivity contribution is 5.35. The molecule has 1 aliphatic carbocycles. The number of aromatic nitrogens is 2. The first-order valence-electron chi connectivity index (χ1n) is 10.8. The predicted octanol–water partition coefficient (Wildman–Crippen LogP) is 2.73. The number of rotatable bonds is 3. The van der Waals surface area contributed by atoms with Gasteiger partial charge in [0.2, 0.25) is 5.95 Å². The summed E-state index contributed by atoms with van der Waals surface area (Å²) in [5, 5.41) is 0. The summed E-state index contributed by atoms with van der Waals surface area (Å²) in [4.78, 5) is 25.3. The fourth-order valence-electron chi connectivity index (χ4n) is 5.07. The molecule has 6 nitrogen and oxygen atoms in total. The van der Waals surface area contributed by atoms with Gasteiger partial charge in [-0.3, -0.25) is 14.7 Å². The van der Waals surface area contributed by atoms with Crippen LogP contribution in [-0.2, 0) is 17.7 Å². The van der Waals surface area contributed by atoms with Gasteiger partial charge in [0.25, 0.3) is 5.56 Å². The van der Waals surface area contributed by atoms with Crippen molar-refractivity contribution in [3.8, 4) is 0 Å². The van der Waals surface area contributed by atoms with Crippen molar-refractivity contribution in [1.29, 1.82) is 0 Å². The van der Waals surface area contributed by atoms with Crippen LogP contribution >= 0.6 is 0 Å². The fourth-order valence-corrected chi connectivity index (χ4v) is 5.07. The van der Waals surface area contributed by atoms with Crippen LogP contribution in [0, 0.1) is 11.8 Å². The van der Waals surface area contributed by atoms with Crippen molar-refractivity contribution in [2.75, 3.05) is 31.1 Å². The third-order valence-corrected chi connectivity index (χ3v) is 6.55. The van der Waals surface area contributed by atoms with E-state index in [2.05, 4.69) is 48.6 Å². The van der Waals surface area contributed by atoms with Gasteiger partial charge in [0, 0.05) is 38.3 Å². The van der Waals surface area contributed by atoms with Crippen molar-refractivity contribution in [1.82, 2.24) is 14.9 Å². The highest BCUT2D eigenvalue weighted by Gasteiger charge is 2.29. The number of allylic oxidation sites excluding steroid dienone is 2. The van der Waals surface area contributed by atoms with Gasteiger partial charge >= 0.3 is 0 Å². The summed E-state index contributed by atoms with van der Waals surface area (Å²) in [5.74, 6) is 2.04. The van der Waals surface area contributed by atoms with Crippen molar-refractivity contribution in [3.05, 3.63) is 33.3 Å². The van der Waals surface area contributed by atoms with Crippen LogP contribution in [0.4, 0.5) is 5.95 Å². The molecule has 4 atom stereocenters. The molecule has 1 aromatic rings. The summed E-state index contributed by atoms with van der Waals surface area (Å²) in [7, 11) is 0. The molecule has 6 heteroatoms. The maximum atomic E-state index is 12.7. The van der Waals surface area contributed by atoms with Crippen LogP contribution in [0.15, 0.2) is 16.4 Å². The lowest BCUT2D eigenvalue weighted by Crippen LogP contribution is -2.47. The van der Waals surface area contributed by atoms with E-state index < -0.39 is 0 Å². The molecule has 1 N–H and O–H groups in total. The molecule has 0 amide bonds. The minimum atomic E-state index is 0.0380. The first-order valence-corrected chi connectivity index (χ1v) is 10.8.